The van der Waals surface area contributed by atoms with Gasteiger partial charge in [-0.25, -0.2) is 0 Å². The van der Waals surface area contributed by atoms with Gasteiger partial charge in [0.1, 0.15) is 5.03 Å². The predicted molar refractivity (Wildman–Crippen MR) is 128 cm³/mol. The van der Waals surface area contributed by atoms with E-state index in [2.05, 4.69) is 20.6 Å². The van der Waals surface area contributed by atoms with Crippen molar-refractivity contribution in [1.82, 2.24) is 25.1 Å². The van der Waals surface area contributed by atoms with Gasteiger partial charge in [0, 0.05) is 17.1 Å². The molecular weight excluding hydrogens is 462 g/mol. The highest BCUT2D eigenvalue weighted by molar-refractivity contribution is 7.99. The van der Waals surface area contributed by atoms with E-state index in [0.717, 1.165) is 11.1 Å². The van der Waals surface area contributed by atoms with Gasteiger partial charge in [0.2, 0.25) is 5.91 Å². The summed E-state index contributed by atoms with van der Waals surface area (Å²) in [6.45, 7) is 0.521. The Labute approximate surface area is 200 Å². The minimum absolute atomic E-state index is 0.0657. The van der Waals surface area contributed by atoms with Gasteiger partial charge < -0.3 is 14.8 Å². The molecule has 0 bridgehead atoms. The summed E-state index contributed by atoms with van der Waals surface area (Å²) < 4.78 is 12.2. The lowest BCUT2D eigenvalue weighted by Gasteiger charge is -2.10. The SMILES string of the molecule is COc1ccc(CCNC(=O)CSc2ccc3nnc(-c4ccc(Cl)cc4)n3n2)cc1OC. The van der Waals surface area contributed by atoms with Crippen molar-refractivity contribution in [3.8, 4) is 22.9 Å². The molecule has 0 spiro atoms. The summed E-state index contributed by atoms with van der Waals surface area (Å²) in [4.78, 5) is 12.3. The average molecular weight is 484 g/mol. The largest absolute Gasteiger partial charge is 0.493 e. The van der Waals surface area contributed by atoms with Crippen molar-refractivity contribution >= 4 is 34.9 Å². The quantitative estimate of drug-likeness (QED) is 0.361. The molecule has 0 saturated carbocycles. The molecule has 170 valence electrons. The van der Waals surface area contributed by atoms with Crippen LogP contribution in [0.3, 0.4) is 0 Å². The van der Waals surface area contributed by atoms with E-state index in [9.17, 15) is 4.79 Å². The number of methoxy groups -OCH3 is 2. The Balaban J connectivity index is 1.33. The Morgan fingerprint density at radius 3 is 2.58 bits per heavy atom. The number of thioether (sulfide) groups is 1. The van der Waals surface area contributed by atoms with Crippen molar-refractivity contribution in [1.29, 1.82) is 0 Å². The number of carbonyl (C=O) groups excluding carboxylic acids is 1. The molecule has 2 aromatic heterocycles. The first-order valence-electron chi connectivity index (χ1n) is 10.2. The lowest BCUT2D eigenvalue weighted by atomic mass is 10.1. The second-order valence-corrected chi connectivity index (χ2v) is 8.48. The van der Waals surface area contributed by atoms with Gasteiger partial charge in [0.15, 0.2) is 23.0 Å². The standard InChI is InChI=1S/C23H22ClN5O3S/c1-31-18-8-3-15(13-19(18)32-2)11-12-25-21(30)14-33-22-10-9-20-26-27-23(29(20)28-22)16-4-6-17(24)7-5-16/h3-10,13H,11-12,14H2,1-2H3,(H,25,30). The van der Waals surface area contributed by atoms with Crippen molar-refractivity contribution in [3.63, 3.8) is 0 Å². The fourth-order valence-electron chi connectivity index (χ4n) is 3.20. The molecule has 4 rings (SSSR count). The zero-order chi connectivity index (χ0) is 23.2. The number of hydrogen-bond donors (Lipinski definition) is 1. The molecule has 0 fully saturated rings. The van der Waals surface area contributed by atoms with Gasteiger partial charge >= 0.3 is 0 Å². The van der Waals surface area contributed by atoms with Crippen LogP contribution in [0.25, 0.3) is 17.0 Å². The van der Waals surface area contributed by atoms with Crippen LogP contribution in [0.1, 0.15) is 5.56 Å². The highest BCUT2D eigenvalue weighted by Crippen LogP contribution is 2.27. The molecule has 0 aliphatic heterocycles. The third-order valence-corrected chi connectivity index (χ3v) is 6.05. The Kier molecular flexibility index (Phi) is 7.31. The molecule has 0 radical (unpaired) electrons. The molecule has 10 heteroatoms. The van der Waals surface area contributed by atoms with Crippen LogP contribution in [0.4, 0.5) is 0 Å². The summed E-state index contributed by atoms with van der Waals surface area (Å²) >= 11 is 7.33. The highest BCUT2D eigenvalue weighted by Gasteiger charge is 2.11. The average Bonchev–Trinajstić information content (AvgIpc) is 3.26. The van der Waals surface area contributed by atoms with Gasteiger partial charge in [0.25, 0.3) is 0 Å². The summed E-state index contributed by atoms with van der Waals surface area (Å²) in [5.74, 6) is 2.15. The molecule has 2 aromatic carbocycles. The zero-order valence-corrected chi connectivity index (χ0v) is 19.7. The first kappa shape index (κ1) is 22.9. The molecule has 33 heavy (non-hydrogen) atoms. The molecule has 8 nitrogen and oxygen atoms in total. The van der Waals surface area contributed by atoms with Crippen molar-refractivity contribution in [2.75, 3.05) is 26.5 Å². The maximum Gasteiger partial charge on any atom is 0.230 e. The minimum Gasteiger partial charge on any atom is -0.493 e. The van der Waals surface area contributed by atoms with E-state index in [1.807, 2.05) is 42.5 Å². The van der Waals surface area contributed by atoms with E-state index in [-0.39, 0.29) is 11.7 Å². The zero-order valence-electron chi connectivity index (χ0n) is 18.1. The predicted octanol–water partition coefficient (Wildman–Crippen LogP) is 3.91. The summed E-state index contributed by atoms with van der Waals surface area (Å²) in [5.41, 5.74) is 2.54. The Hall–Kier alpha value is -3.30. The van der Waals surface area contributed by atoms with Gasteiger partial charge in [-0.2, -0.15) is 9.61 Å². The molecular formula is C23H22ClN5O3S. The number of nitrogens with zero attached hydrogens (tertiary/aromatic N) is 4. The number of carbonyl (C=O) groups is 1. The van der Waals surface area contributed by atoms with Crippen molar-refractivity contribution < 1.29 is 14.3 Å². The lowest BCUT2D eigenvalue weighted by Crippen LogP contribution is -2.27. The second kappa shape index (κ2) is 10.5. The second-order valence-electron chi connectivity index (χ2n) is 7.05. The minimum atomic E-state index is -0.0657. The first-order valence-corrected chi connectivity index (χ1v) is 11.5. The number of ether oxygens (including phenoxy) is 2. The maximum absolute atomic E-state index is 12.3. The Bertz CT molecular complexity index is 1260. The lowest BCUT2D eigenvalue weighted by molar-refractivity contribution is -0.118. The van der Waals surface area contributed by atoms with E-state index >= 15 is 0 Å². The van der Waals surface area contributed by atoms with Gasteiger partial charge in [-0.3, -0.25) is 4.79 Å². The van der Waals surface area contributed by atoms with Gasteiger partial charge in [-0.15, -0.1) is 10.2 Å². The third-order valence-electron chi connectivity index (χ3n) is 4.88. The smallest absolute Gasteiger partial charge is 0.230 e. The first-order chi connectivity index (χ1) is 16.1. The number of fused-ring (bicyclic) bond motifs is 1. The number of rotatable bonds is 9. The number of benzene rings is 2. The number of nitrogens with one attached hydrogen (secondary N) is 1. The fourth-order valence-corrected chi connectivity index (χ4v) is 4.01. The summed E-state index contributed by atoms with van der Waals surface area (Å²) in [5, 5.41) is 17.3. The molecule has 1 amide bonds. The Morgan fingerprint density at radius 2 is 1.82 bits per heavy atom. The van der Waals surface area contributed by atoms with Crippen molar-refractivity contribution in [3.05, 3.63) is 65.2 Å². The van der Waals surface area contributed by atoms with E-state index < -0.39 is 0 Å². The topological polar surface area (TPSA) is 90.6 Å². The number of halogens is 1. The fraction of sp³-hybridized carbons (Fsp3) is 0.217. The van der Waals surface area contributed by atoms with Crippen LogP contribution >= 0.6 is 23.4 Å². The van der Waals surface area contributed by atoms with E-state index in [4.69, 9.17) is 21.1 Å². The van der Waals surface area contributed by atoms with E-state index in [1.54, 1.807) is 30.9 Å². The van der Waals surface area contributed by atoms with Crippen LogP contribution in [-0.4, -0.2) is 52.2 Å². The van der Waals surface area contributed by atoms with Crippen LogP contribution in [0.5, 0.6) is 11.5 Å². The summed E-state index contributed by atoms with van der Waals surface area (Å²) in [6, 6.07) is 16.7. The van der Waals surface area contributed by atoms with Gasteiger partial charge in [-0.1, -0.05) is 29.4 Å². The summed E-state index contributed by atoms with van der Waals surface area (Å²) in [7, 11) is 3.20. The van der Waals surface area contributed by atoms with Crippen LogP contribution in [0.15, 0.2) is 59.6 Å². The molecule has 0 aliphatic rings. The maximum atomic E-state index is 12.3. The molecule has 0 aliphatic carbocycles. The van der Waals surface area contributed by atoms with Gasteiger partial charge in [-0.05, 0) is 60.5 Å². The number of aromatic nitrogens is 4. The molecule has 1 N–H and O–H groups in total. The number of amides is 1. The van der Waals surface area contributed by atoms with Crippen LogP contribution in [0.2, 0.25) is 5.02 Å². The summed E-state index contributed by atoms with van der Waals surface area (Å²) in [6.07, 6.45) is 0.687. The van der Waals surface area contributed by atoms with Crippen LogP contribution < -0.4 is 14.8 Å². The van der Waals surface area contributed by atoms with Crippen LogP contribution in [-0.2, 0) is 11.2 Å². The monoisotopic (exact) mass is 483 g/mol. The van der Waals surface area contributed by atoms with E-state index in [0.29, 0.717) is 46.0 Å². The highest BCUT2D eigenvalue weighted by atomic mass is 35.5. The molecule has 0 unspecified atom stereocenters. The molecule has 4 aromatic rings. The van der Waals surface area contributed by atoms with Gasteiger partial charge in [0.05, 0.1) is 20.0 Å². The van der Waals surface area contributed by atoms with Crippen molar-refractivity contribution in [2.24, 2.45) is 0 Å². The molecule has 0 saturated heterocycles. The van der Waals surface area contributed by atoms with Crippen LogP contribution in [0, 0.1) is 0 Å². The molecule has 0 atom stereocenters. The Morgan fingerprint density at radius 1 is 1.03 bits per heavy atom. The van der Waals surface area contributed by atoms with E-state index in [1.165, 1.54) is 11.8 Å². The molecule has 2 heterocycles. The third kappa shape index (κ3) is 5.55. The normalized spacial score (nSPS) is 10.9. The number of hydrogen-bond acceptors (Lipinski definition) is 7. The van der Waals surface area contributed by atoms with Crippen molar-refractivity contribution in [2.45, 2.75) is 11.4 Å².